The zero-order valence-corrected chi connectivity index (χ0v) is 16.3. The molecule has 2 amide bonds. The molecule has 7 nitrogen and oxygen atoms in total. The number of nitrogens with zero attached hydrogens (tertiary/aromatic N) is 1. The van der Waals surface area contributed by atoms with E-state index in [1.807, 2.05) is 24.3 Å². The number of hydrogen-bond donors (Lipinski definition) is 2. The van der Waals surface area contributed by atoms with Gasteiger partial charge in [0, 0.05) is 12.1 Å². The Bertz CT molecular complexity index is 785. The van der Waals surface area contributed by atoms with Crippen LogP contribution in [0, 0.1) is 0 Å². The number of furan rings is 1. The first-order valence-corrected chi connectivity index (χ1v) is 9.59. The van der Waals surface area contributed by atoms with Gasteiger partial charge in [0.1, 0.15) is 11.8 Å². The van der Waals surface area contributed by atoms with Crippen LogP contribution in [0.5, 0.6) is 5.75 Å². The number of rotatable bonds is 8. The molecule has 1 aromatic heterocycles. The molecule has 2 N–H and O–H groups in total. The van der Waals surface area contributed by atoms with Gasteiger partial charge in [-0.15, -0.1) is 0 Å². The predicted molar refractivity (Wildman–Crippen MR) is 105 cm³/mol. The van der Waals surface area contributed by atoms with Crippen LogP contribution in [0.25, 0.3) is 0 Å². The lowest BCUT2D eigenvalue weighted by molar-refractivity contribution is -0.122. The standard InChI is InChI=1S/C21H27N3O4/c1-15(23-21(26)19-10-7-13-28-19)20(25)22-14-17(24-11-5-6-12-24)16-8-3-4-9-18(16)27-2/h3-4,7-10,13,15,17H,5-6,11-12,14H2,1-2H3,(H,22,25)(H,23,26). The van der Waals surface area contributed by atoms with Crippen LogP contribution in [-0.2, 0) is 4.79 Å². The molecule has 0 saturated carbocycles. The summed E-state index contributed by atoms with van der Waals surface area (Å²) in [6, 6.07) is 10.4. The van der Waals surface area contributed by atoms with E-state index >= 15 is 0 Å². The summed E-state index contributed by atoms with van der Waals surface area (Å²) in [4.78, 5) is 27.0. The van der Waals surface area contributed by atoms with E-state index in [0.717, 1.165) is 37.2 Å². The van der Waals surface area contributed by atoms with Crippen LogP contribution in [0.4, 0.5) is 0 Å². The van der Waals surface area contributed by atoms with Crippen molar-refractivity contribution in [3.05, 3.63) is 54.0 Å². The lowest BCUT2D eigenvalue weighted by atomic mass is 10.0. The zero-order chi connectivity index (χ0) is 19.9. The molecule has 0 aliphatic carbocycles. The van der Waals surface area contributed by atoms with Gasteiger partial charge in [0.05, 0.1) is 19.4 Å². The molecule has 2 aromatic rings. The van der Waals surface area contributed by atoms with E-state index in [0.29, 0.717) is 6.54 Å². The number of amides is 2. The zero-order valence-electron chi connectivity index (χ0n) is 16.3. The van der Waals surface area contributed by atoms with Gasteiger partial charge in [-0.25, -0.2) is 0 Å². The normalized spacial score (nSPS) is 16.4. The highest BCUT2D eigenvalue weighted by Gasteiger charge is 2.27. The van der Waals surface area contributed by atoms with Gasteiger partial charge in [-0.2, -0.15) is 0 Å². The number of ether oxygens (including phenoxy) is 1. The molecule has 7 heteroatoms. The van der Waals surface area contributed by atoms with Gasteiger partial charge in [0.15, 0.2) is 5.76 Å². The molecule has 28 heavy (non-hydrogen) atoms. The molecule has 0 spiro atoms. The van der Waals surface area contributed by atoms with Gasteiger partial charge in [-0.1, -0.05) is 18.2 Å². The average molecular weight is 385 g/mol. The second-order valence-corrected chi connectivity index (χ2v) is 6.92. The van der Waals surface area contributed by atoms with Gasteiger partial charge in [-0.05, 0) is 51.1 Å². The molecule has 1 aromatic carbocycles. The number of carbonyl (C=O) groups excluding carboxylic acids is 2. The maximum absolute atomic E-state index is 12.5. The Hall–Kier alpha value is -2.80. The van der Waals surface area contributed by atoms with Gasteiger partial charge in [0.2, 0.25) is 5.91 Å². The summed E-state index contributed by atoms with van der Waals surface area (Å²) in [5.41, 5.74) is 1.06. The fourth-order valence-corrected chi connectivity index (χ4v) is 3.52. The van der Waals surface area contributed by atoms with Crippen molar-refractivity contribution in [3.63, 3.8) is 0 Å². The van der Waals surface area contributed by atoms with Crippen LogP contribution in [0.3, 0.4) is 0 Å². The van der Waals surface area contributed by atoms with Crippen LogP contribution in [0.15, 0.2) is 47.1 Å². The van der Waals surface area contributed by atoms with Crippen molar-refractivity contribution in [2.75, 3.05) is 26.7 Å². The number of benzene rings is 1. The topological polar surface area (TPSA) is 83.8 Å². The highest BCUT2D eigenvalue weighted by molar-refractivity contribution is 5.95. The molecular weight excluding hydrogens is 358 g/mol. The SMILES string of the molecule is COc1ccccc1C(CNC(=O)C(C)NC(=O)c1ccco1)N1CCCC1. The van der Waals surface area contributed by atoms with Crippen LogP contribution < -0.4 is 15.4 Å². The van der Waals surface area contributed by atoms with E-state index in [9.17, 15) is 9.59 Å². The van der Waals surface area contributed by atoms with Gasteiger partial charge in [-0.3, -0.25) is 14.5 Å². The molecule has 150 valence electrons. The quantitative estimate of drug-likeness (QED) is 0.729. The van der Waals surface area contributed by atoms with E-state index in [1.165, 1.54) is 6.26 Å². The molecule has 0 radical (unpaired) electrons. The third-order valence-corrected chi connectivity index (χ3v) is 5.03. The van der Waals surface area contributed by atoms with E-state index in [4.69, 9.17) is 9.15 Å². The van der Waals surface area contributed by atoms with Crippen LogP contribution in [0.1, 0.15) is 41.9 Å². The number of nitrogens with one attached hydrogen (secondary N) is 2. The summed E-state index contributed by atoms with van der Waals surface area (Å²) in [5, 5.41) is 5.63. The molecule has 2 atom stereocenters. The number of para-hydroxylation sites is 1. The van der Waals surface area contributed by atoms with Gasteiger partial charge in [0.25, 0.3) is 5.91 Å². The summed E-state index contributed by atoms with van der Waals surface area (Å²) in [7, 11) is 1.66. The Labute approximate surface area is 165 Å². The summed E-state index contributed by atoms with van der Waals surface area (Å²) >= 11 is 0. The number of methoxy groups -OCH3 is 1. The second-order valence-electron chi connectivity index (χ2n) is 6.92. The van der Waals surface area contributed by atoms with Gasteiger partial charge >= 0.3 is 0 Å². The van der Waals surface area contributed by atoms with Crippen molar-refractivity contribution in [3.8, 4) is 5.75 Å². The summed E-state index contributed by atoms with van der Waals surface area (Å²) < 4.78 is 10.6. The molecule has 1 aliphatic heterocycles. The third-order valence-electron chi connectivity index (χ3n) is 5.03. The van der Waals surface area contributed by atoms with Crippen molar-refractivity contribution in [1.29, 1.82) is 0 Å². The Morgan fingerprint density at radius 2 is 1.93 bits per heavy atom. The average Bonchev–Trinajstić information content (AvgIpc) is 3.42. The largest absolute Gasteiger partial charge is 0.496 e. The van der Waals surface area contributed by atoms with Crippen molar-refractivity contribution in [2.24, 2.45) is 0 Å². The van der Waals surface area contributed by atoms with Crippen molar-refractivity contribution in [2.45, 2.75) is 31.8 Å². The lowest BCUT2D eigenvalue weighted by Gasteiger charge is -2.29. The Morgan fingerprint density at radius 3 is 2.61 bits per heavy atom. The van der Waals surface area contributed by atoms with E-state index < -0.39 is 11.9 Å². The first kappa shape index (κ1) is 19.9. The van der Waals surface area contributed by atoms with E-state index in [1.54, 1.807) is 26.2 Å². The van der Waals surface area contributed by atoms with Crippen LogP contribution in [0.2, 0.25) is 0 Å². The maximum Gasteiger partial charge on any atom is 0.287 e. The summed E-state index contributed by atoms with van der Waals surface area (Å²) in [6.07, 6.45) is 3.72. The first-order valence-electron chi connectivity index (χ1n) is 9.59. The number of likely N-dealkylation sites (tertiary alicyclic amines) is 1. The monoisotopic (exact) mass is 385 g/mol. The fraction of sp³-hybridized carbons (Fsp3) is 0.429. The molecule has 1 fully saturated rings. The lowest BCUT2D eigenvalue weighted by Crippen LogP contribution is -2.47. The number of carbonyl (C=O) groups is 2. The number of hydrogen-bond acceptors (Lipinski definition) is 5. The summed E-state index contributed by atoms with van der Waals surface area (Å²) in [6.45, 7) is 4.08. The second kappa shape index (κ2) is 9.41. The minimum absolute atomic E-state index is 0.0237. The highest BCUT2D eigenvalue weighted by atomic mass is 16.5. The van der Waals surface area contributed by atoms with Crippen LogP contribution in [-0.4, -0.2) is 49.5 Å². The molecule has 2 unspecified atom stereocenters. The minimum Gasteiger partial charge on any atom is -0.496 e. The first-order chi connectivity index (χ1) is 13.6. The molecule has 1 aliphatic rings. The van der Waals surface area contributed by atoms with Gasteiger partial charge < -0.3 is 19.8 Å². The van der Waals surface area contributed by atoms with Crippen LogP contribution >= 0.6 is 0 Å². The minimum atomic E-state index is -0.672. The van der Waals surface area contributed by atoms with Crippen molar-refractivity contribution < 1.29 is 18.7 Å². The fourth-order valence-electron chi connectivity index (χ4n) is 3.52. The van der Waals surface area contributed by atoms with Crippen molar-refractivity contribution >= 4 is 11.8 Å². The van der Waals surface area contributed by atoms with E-state index in [2.05, 4.69) is 15.5 Å². The highest BCUT2D eigenvalue weighted by Crippen LogP contribution is 2.31. The molecule has 0 bridgehead atoms. The molecule has 2 heterocycles. The van der Waals surface area contributed by atoms with E-state index in [-0.39, 0.29) is 17.7 Å². The molecule has 1 saturated heterocycles. The predicted octanol–water partition coefficient (Wildman–Crippen LogP) is 2.36. The Kier molecular flexibility index (Phi) is 6.71. The third kappa shape index (κ3) is 4.72. The Balaban J connectivity index is 1.64. The van der Waals surface area contributed by atoms with Crippen molar-refractivity contribution in [1.82, 2.24) is 15.5 Å². The Morgan fingerprint density at radius 1 is 1.18 bits per heavy atom. The smallest absolute Gasteiger partial charge is 0.287 e. The molecular formula is C21H27N3O4. The maximum atomic E-state index is 12.5. The molecule has 3 rings (SSSR count). The summed E-state index contributed by atoms with van der Waals surface area (Å²) in [5.74, 6) is 0.351.